The molecule has 0 radical (unpaired) electrons. The summed E-state index contributed by atoms with van der Waals surface area (Å²) in [6, 6.07) is 11.5. The highest BCUT2D eigenvalue weighted by Gasteiger charge is 2.64. The summed E-state index contributed by atoms with van der Waals surface area (Å²) in [6.45, 7) is 3.28. The van der Waals surface area contributed by atoms with Crippen LogP contribution < -0.4 is 4.90 Å². The number of alkyl halides is 3. The number of pyridine rings is 1. The van der Waals surface area contributed by atoms with Gasteiger partial charge >= 0.3 is 6.18 Å². The molecule has 2 aromatic heterocycles. The monoisotopic (exact) mass is 530 g/mol. The van der Waals surface area contributed by atoms with Crippen molar-refractivity contribution in [2.75, 3.05) is 31.2 Å². The van der Waals surface area contributed by atoms with E-state index in [1.165, 1.54) is 4.90 Å². The van der Waals surface area contributed by atoms with Crippen molar-refractivity contribution in [3.8, 4) is 5.69 Å². The van der Waals surface area contributed by atoms with Crippen LogP contribution in [0.15, 0.2) is 36.4 Å². The van der Waals surface area contributed by atoms with E-state index in [0.29, 0.717) is 10.8 Å². The summed E-state index contributed by atoms with van der Waals surface area (Å²) in [7, 11) is 0. The van der Waals surface area contributed by atoms with E-state index in [4.69, 9.17) is 16.3 Å². The second kappa shape index (κ2) is 7.91. The Morgan fingerprint density at radius 1 is 1.05 bits per heavy atom. The first kappa shape index (κ1) is 23.4. The molecule has 0 atom stereocenters. The maximum absolute atomic E-state index is 14.2. The van der Waals surface area contributed by atoms with Gasteiger partial charge in [-0.3, -0.25) is 9.47 Å². The first-order valence-corrected chi connectivity index (χ1v) is 12.9. The van der Waals surface area contributed by atoms with Gasteiger partial charge in [0.2, 0.25) is 0 Å². The fourth-order valence-corrected chi connectivity index (χ4v) is 6.67. The topological polar surface area (TPSA) is 59.3 Å². The SMILES string of the molecule is Cc1cccc(N2CC3(CC(c4nnc5n4-c4ccc(Cl)cc4CN(C4(C(F)(F)F)COC4)C5)C3)C2)n1. The number of hydrogen-bond donors (Lipinski definition) is 0. The van der Waals surface area contributed by atoms with Gasteiger partial charge in [0.15, 0.2) is 11.4 Å². The summed E-state index contributed by atoms with van der Waals surface area (Å²) in [5, 5.41) is 9.44. The Balaban J connectivity index is 1.17. The van der Waals surface area contributed by atoms with Crippen molar-refractivity contribution in [3.05, 3.63) is 64.3 Å². The molecule has 1 spiro atoms. The normalized spacial score (nSPS) is 22.5. The molecule has 11 heteroatoms. The zero-order chi connectivity index (χ0) is 25.6. The molecule has 1 aromatic carbocycles. The molecule has 0 unspecified atom stereocenters. The maximum Gasteiger partial charge on any atom is 0.411 e. The predicted octanol–water partition coefficient (Wildman–Crippen LogP) is 4.66. The van der Waals surface area contributed by atoms with E-state index in [9.17, 15) is 13.2 Å². The largest absolute Gasteiger partial charge is 0.411 e. The molecule has 2 saturated heterocycles. The van der Waals surface area contributed by atoms with E-state index in [1.807, 2.05) is 35.8 Å². The molecule has 4 aliphatic rings. The van der Waals surface area contributed by atoms with Gasteiger partial charge in [-0.2, -0.15) is 13.2 Å². The number of hydrogen-bond acceptors (Lipinski definition) is 6. The molecule has 37 heavy (non-hydrogen) atoms. The number of aryl methyl sites for hydroxylation is 1. The predicted molar refractivity (Wildman–Crippen MR) is 131 cm³/mol. The van der Waals surface area contributed by atoms with E-state index in [2.05, 4.69) is 20.1 Å². The molecule has 0 bridgehead atoms. The molecule has 1 saturated carbocycles. The highest BCUT2D eigenvalue weighted by molar-refractivity contribution is 6.30. The third kappa shape index (κ3) is 3.52. The Bertz CT molecular complexity index is 1370. The molecular formula is C26H26ClF3N6O. The Kier molecular flexibility index (Phi) is 5.01. The first-order chi connectivity index (χ1) is 17.7. The van der Waals surface area contributed by atoms with Crippen molar-refractivity contribution in [2.45, 2.75) is 50.5 Å². The van der Waals surface area contributed by atoms with Gasteiger partial charge in [-0.1, -0.05) is 17.7 Å². The Hall–Kier alpha value is -2.69. The Morgan fingerprint density at radius 2 is 1.84 bits per heavy atom. The highest BCUT2D eigenvalue weighted by Crippen LogP contribution is 2.57. The third-order valence-corrected chi connectivity index (χ3v) is 8.75. The van der Waals surface area contributed by atoms with Crippen LogP contribution in [0.4, 0.5) is 19.0 Å². The number of halogens is 4. The maximum atomic E-state index is 14.2. The summed E-state index contributed by atoms with van der Waals surface area (Å²) in [6.07, 6.45) is -2.48. The van der Waals surface area contributed by atoms with Crippen LogP contribution in [-0.2, 0) is 17.8 Å². The van der Waals surface area contributed by atoms with Gasteiger partial charge in [-0.15, -0.1) is 10.2 Å². The van der Waals surface area contributed by atoms with Gasteiger partial charge in [-0.25, -0.2) is 4.98 Å². The van der Waals surface area contributed by atoms with Crippen LogP contribution in [0, 0.1) is 12.3 Å². The molecule has 3 fully saturated rings. The van der Waals surface area contributed by atoms with Crippen molar-refractivity contribution in [2.24, 2.45) is 5.41 Å². The second-order valence-electron chi connectivity index (χ2n) is 11.1. The smallest absolute Gasteiger partial charge is 0.377 e. The zero-order valence-electron chi connectivity index (χ0n) is 20.3. The number of fused-ring (bicyclic) bond motifs is 3. The fourth-order valence-electron chi connectivity index (χ4n) is 6.47. The third-order valence-electron chi connectivity index (χ3n) is 8.52. The number of ether oxygens (including phenoxy) is 1. The molecule has 3 aromatic rings. The van der Waals surface area contributed by atoms with Gasteiger partial charge in [0, 0.05) is 41.7 Å². The van der Waals surface area contributed by atoms with Crippen LogP contribution in [0.5, 0.6) is 0 Å². The minimum absolute atomic E-state index is 0.0346. The van der Waals surface area contributed by atoms with E-state index >= 15 is 0 Å². The lowest BCUT2D eigenvalue weighted by Gasteiger charge is -2.59. The molecular weight excluding hydrogens is 505 g/mol. The van der Waals surface area contributed by atoms with Gasteiger partial charge in [0.1, 0.15) is 11.6 Å². The van der Waals surface area contributed by atoms with Gasteiger partial charge in [-0.05, 0) is 55.7 Å². The van der Waals surface area contributed by atoms with Crippen LogP contribution in [0.2, 0.25) is 5.02 Å². The number of nitrogens with zero attached hydrogens (tertiary/aromatic N) is 6. The summed E-state index contributed by atoms with van der Waals surface area (Å²) in [4.78, 5) is 8.38. The summed E-state index contributed by atoms with van der Waals surface area (Å²) < 4.78 is 49.7. The number of anilines is 1. The lowest BCUT2D eigenvalue weighted by Crippen LogP contribution is -2.69. The number of aromatic nitrogens is 4. The van der Waals surface area contributed by atoms with Crippen LogP contribution in [0.25, 0.3) is 5.69 Å². The quantitative estimate of drug-likeness (QED) is 0.491. The molecule has 194 valence electrons. The minimum Gasteiger partial charge on any atom is -0.377 e. The van der Waals surface area contributed by atoms with E-state index in [-0.39, 0.29) is 37.6 Å². The van der Waals surface area contributed by atoms with Crippen molar-refractivity contribution < 1.29 is 17.9 Å². The van der Waals surface area contributed by atoms with E-state index < -0.39 is 11.7 Å². The van der Waals surface area contributed by atoms with Crippen LogP contribution in [-0.4, -0.2) is 62.7 Å². The molecule has 1 aliphatic carbocycles. The summed E-state index contributed by atoms with van der Waals surface area (Å²) in [5.74, 6) is 2.55. The second-order valence-corrected chi connectivity index (χ2v) is 11.5. The van der Waals surface area contributed by atoms with Crippen molar-refractivity contribution in [1.82, 2.24) is 24.6 Å². The zero-order valence-corrected chi connectivity index (χ0v) is 21.1. The lowest BCUT2D eigenvalue weighted by molar-refractivity contribution is -0.310. The molecule has 0 N–H and O–H groups in total. The van der Waals surface area contributed by atoms with Crippen LogP contribution in [0.3, 0.4) is 0 Å². The number of rotatable bonds is 3. The van der Waals surface area contributed by atoms with Crippen LogP contribution in [0.1, 0.15) is 41.7 Å². The minimum atomic E-state index is -4.43. The van der Waals surface area contributed by atoms with Crippen LogP contribution >= 0.6 is 11.6 Å². The highest BCUT2D eigenvalue weighted by atomic mass is 35.5. The van der Waals surface area contributed by atoms with Gasteiger partial charge < -0.3 is 9.64 Å². The van der Waals surface area contributed by atoms with Crippen molar-refractivity contribution in [3.63, 3.8) is 0 Å². The average molecular weight is 531 g/mol. The molecule has 5 heterocycles. The summed E-state index contributed by atoms with van der Waals surface area (Å²) >= 11 is 6.29. The Morgan fingerprint density at radius 3 is 2.51 bits per heavy atom. The fraction of sp³-hybridized carbons (Fsp3) is 0.500. The van der Waals surface area contributed by atoms with Crippen molar-refractivity contribution >= 4 is 17.4 Å². The standard InChI is InChI=1S/C26H26ClF3N6O/c1-16-3-2-4-21(31-16)34-12-24(13-34)8-18(9-24)23-33-32-22-11-35(25(14-37-15-25)26(28,29)30)10-17-7-19(27)5-6-20(17)36(22)23/h2-7,18H,8-15H2,1H3. The van der Waals surface area contributed by atoms with Gasteiger partial charge in [0.05, 0.1) is 25.4 Å². The summed E-state index contributed by atoms with van der Waals surface area (Å²) in [5.41, 5.74) is 0.737. The molecule has 7 nitrogen and oxygen atoms in total. The first-order valence-electron chi connectivity index (χ1n) is 12.5. The van der Waals surface area contributed by atoms with E-state index in [0.717, 1.165) is 54.5 Å². The lowest BCUT2D eigenvalue weighted by atomic mass is 9.57. The molecule has 0 amide bonds. The molecule has 7 rings (SSSR count). The van der Waals surface area contributed by atoms with E-state index in [1.54, 1.807) is 12.1 Å². The Labute approximate surface area is 217 Å². The van der Waals surface area contributed by atoms with Gasteiger partial charge in [0.25, 0.3) is 0 Å². The number of benzene rings is 1. The average Bonchev–Trinajstić information content (AvgIpc) is 3.06. The molecule has 3 aliphatic heterocycles. The van der Waals surface area contributed by atoms with Crippen molar-refractivity contribution in [1.29, 1.82) is 0 Å².